The van der Waals surface area contributed by atoms with E-state index in [-0.39, 0.29) is 23.6 Å². The van der Waals surface area contributed by atoms with Crippen LogP contribution in [0.1, 0.15) is 24.1 Å². The number of carbonyl (C=O) groups is 1. The molecule has 1 amide bonds. The van der Waals surface area contributed by atoms with E-state index in [9.17, 15) is 23.1 Å². The van der Waals surface area contributed by atoms with Crippen molar-refractivity contribution in [2.75, 3.05) is 13.2 Å². The summed E-state index contributed by atoms with van der Waals surface area (Å²) < 4.78 is 46.9. The average molecular weight is 494 g/mol. The summed E-state index contributed by atoms with van der Waals surface area (Å²) in [6.45, 7) is 0.801. The summed E-state index contributed by atoms with van der Waals surface area (Å²) in [5.41, 5.74) is 8.16. The lowest BCUT2D eigenvalue weighted by molar-refractivity contribution is -0.138. The van der Waals surface area contributed by atoms with E-state index in [0.717, 1.165) is 6.07 Å². The Morgan fingerprint density at radius 1 is 1.31 bits per heavy atom. The van der Waals surface area contributed by atoms with Crippen LogP contribution in [0.25, 0.3) is 0 Å². The molecule has 0 saturated heterocycles. The number of allylic oxidation sites excluding steroid dienone is 3. The molecule has 13 heteroatoms. The van der Waals surface area contributed by atoms with E-state index in [1.807, 2.05) is 0 Å². The molecular formula is C22H25F3N6O4. The van der Waals surface area contributed by atoms with Crippen LogP contribution in [0.2, 0.25) is 0 Å². The van der Waals surface area contributed by atoms with Crippen LogP contribution in [0.15, 0.2) is 71.7 Å². The smallest absolute Gasteiger partial charge is 0.416 e. The van der Waals surface area contributed by atoms with Gasteiger partial charge in [-0.25, -0.2) is 5.43 Å². The number of hydrogen-bond acceptors (Lipinski definition) is 9. The summed E-state index contributed by atoms with van der Waals surface area (Å²) in [4.78, 5) is 13.1. The fraction of sp³-hybridized carbons (Fsp3) is 0.318. The van der Waals surface area contributed by atoms with Gasteiger partial charge in [0.1, 0.15) is 30.0 Å². The van der Waals surface area contributed by atoms with Gasteiger partial charge in [-0.3, -0.25) is 15.2 Å². The van der Waals surface area contributed by atoms with Gasteiger partial charge in [-0.2, -0.15) is 13.2 Å². The highest BCUT2D eigenvalue weighted by molar-refractivity contribution is 5.95. The second kappa shape index (κ2) is 9.90. The van der Waals surface area contributed by atoms with Gasteiger partial charge < -0.3 is 31.0 Å². The van der Waals surface area contributed by atoms with Gasteiger partial charge >= 0.3 is 6.18 Å². The second-order valence-electron chi connectivity index (χ2n) is 7.96. The van der Waals surface area contributed by atoms with Crippen molar-refractivity contribution < 1.29 is 32.9 Å². The Hall–Kier alpha value is -3.68. The largest absolute Gasteiger partial charge is 0.491 e. The van der Waals surface area contributed by atoms with E-state index in [1.54, 1.807) is 25.3 Å². The highest BCUT2D eigenvalue weighted by Gasteiger charge is 2.43. The third kappa shape index (κ3) is 5.21. The monoisotopic (exact) mass is 494 g/mol. The topological polar surface area (TPSA) is 130 Å². The number of hydrogen-bond donors (Lipinski definition) is 7. The van der Waals surface area contributed by atoms with Crippen LogP contribution in [-0.2, 0) is 15.7 Å². The molecule has 10 nitrogen and oxygen atoms in total. The molecule has 3 aliphatic rings. The Balaban J connectivity index is 1.68. The Labute approximate surface area is 198 Å². The van der Waals surface area contributed by atoms with Gasteiger partial charge in [0.2, 0.25) is 0 Å². The first-order valence-electron chi connectivity index (χ1n) is 10.7. The molecule has 7 N–H and O–H groups in total. The van der Waals surface area contributed by atoms with Crippen LogP contribution in [0.4, 0.5) is 13.2 Å². The number of nitrogens with one attached hydrogen (secondary N) is 5. The zero-order valence-electron chi connectivity index (χ0n) is 18.6. The van der Waals surface area contributed by atoms with Gasteiger partial charge in [0.05, 0.1) is 18.2 Å². The Bertz CT molecular complexity index is 1100. The van der Waals surface area contributed by atoms with Crippen LogP contribution in [0, 0.1) is 0 Å². The van der Waals surface area contributed by atoms with E-state index < -0.39 is 42.6 Å². The quantitative estimate of drug-likeness (QED) is 0.291. The van der Waals surface area contributed by atoms with Crippen LogP contribution < -0.4 is 26.9 Å². The molecule has 0 aromatic heterocycles. The number of aliphatic hydroxyl groups excluding tert-OH is 2. The second-order valence-corrected chi connectivity index (χ2v) is 7.96. The Morgan fingerprint density at radius 3 is 2.77 bits per heavy atom. The van der Waals surface area contributed by atoms with Crippen molar-refractivity contribution in [2.24, 2.45) is 0 Å². The van der Waals surface area contributed by atoms with Gasteiger partial charge in [0.25, 0.3) is 5.91 Å². The summed E-state index contributed by atoms with van der Waals surface area (Å²) in [5.74, 6) is 0.0237. The minimum absolute atomic E-state index is 0.0717. The average Bonchev–Trinajstić information content (AvgIpc) is 3.18. The van der Waals surface area contributed by atoms with Crippen molar-refractivity contribution >= 4 is 5.91 Å². The SMILES string of the molecule is CC1=C(C(=O)NC2=CC=CNN2)N2NC(c3ccccc3C(F)(F)F)C=C(OC[C@H](O)CO)C2N1. The third-order valence-corrected chi connectivity index (χ3v) is 5.45. The van der Waals surface area contributed by atoms with Crippen LogP contribution in [0.5, 0.6) is 0 Å². The number of rotatable bonds is 7. The molecule has 0 radical (unpaired) electrons. The maximum absolute atomic E-state index is 13.7. The maximum atomic E-state index is 13.7. The molecule has 188 valence electrons. The third-order valence-electron chi connectivity index (χ3n) is 5.45. The van der Waals surface area contributed by atoms with Gasteiger partial charge in [0, 0.05) is 11.9 Å². The first-order valence-corrected chi connectivity index (χ1v) is 10.7. The normalized spacial score (nSPS) is 22.3. The lowest BCUT2D eigenvalue weighted by Crippen LogP contribution is -2.54. The Kier molecular flexibility index (Phi) is 6.91. The van der Waals surface area contributed by atoms with Crippen molar-refractivity contribution in [1.82, 2.24) is 31.9 Å². The van der Waals surface area contributed by atoms with E-state index in [1.165, 1.54) is 29.3 Å². The Morgan fingerprint density at radius 2 is 2.09 bits per heavy atom. The molecule has 3 atom stereocenters. The first-order chi connectivity index (χ1) is 16.7. The molecule has 0 spiro atoms. The van der Waals surface area contributed by atoms with Crippen LogP contribution in [0.3, 0.4) is 0 Å². The zero-order valence-corrected chi connectivity index (χ0v) is 18.6. The predicted molar refractivity (Wildman–Crippen MR) is 118 cm³/mol. The standard InChI is InChI=1S/C22H25F3N6O4/c1-12-19(21(34)28-18-7-4-8-26-29-18)31-20(27-12)17(35-11-13(33)10-32)9-16(30-31)14-5-2-3-6-15(14)22(23,24)25/h2-9,13,16,20,26-27,29-30,32-33H,10-11H2,1H3,(H,28,34)/t13-,16?,20?/m1/s1. The molecule has 35 heavy (non-hydrogen) atoms. The molecule has 4 rings (SSSR count). The maximum Gasteiger partial charge on any atom is 0.416 e. The summed E-state index contributed by atoms with van der Waals surface area (Å²) in [6.07, 6.45) is -0.195. The highest BCUT2D eigenvalue weighted by Crippen LogP contribution is 2.38. The number of halogens is 3. The van der Waals surface area contributed by atoms with E-state index >= 15 is 0 Å². The fourth-order valence-electron chi connectivity index (χ4n) is 3.87. The van der Waals surface area contributed by atoms with E-state index in [4.69, 9.17) is 9.84 Å². The number of nitrogens with zero attached hydrogens (tertiary/aromatic N) is 1. The first kappa shape index (κ1) is 24.4. The fourth-order valence-corrected chi connectivity index (χ4v) is 3.87. The molecule has 3 heterocycles. The number of amides is 1. The number of ether oxygens (including phenoxy) is 1. The number of alkyl halides is 3. The van der Waals surface area contributed by atoms with Gasteiger partial charge in [-0.15, -0.1) is 0 Å². The van der Waals surface area contributed by atoms with Crippen LogP contribution >= 0.6 is 0 Å². The molecule has 1 aromatic rings. The molecule has 0 bridgehead atoms. The van der Waals surface area contributed by atoms with Crippen molar-refractivity contribution in [3.8, 4) is 0 Å². The van der Waals surface area contributed by atoms with Crippen molar-refractivity contribution in [3.05, 3.63) is 82.8 Å². The van der Waals surface area contributed by atoms with Crippen molar-refractivity contribution in [1.29, 1.82) is 0 Å². The van der Waals surface area contributed by atoms with E-state index in [0.29, 0.717) is 11.5 Å². The van der Waals surface area contributed by atoms with Gasteiger partial charge in [-0.1, -0.05) is 18.2 Å². The zero-order chi connectivity index (χ0) is 25.2. The minimum Gasteiger partial charge on any atom is -0.491 e. The van der Waals surface area contributed by atoms with Gasteiger partial charge in [-0.05, 0) is 36.8 Å². The van der Waals surface area contributed by atoms with Crippen molar-refractivity contribution in [2.45, 2.75) is 31.4 Å². The molecule has 0 saturated carbocycles. The van der Waals surface area contributed by atoms with Crippen molar-refractivity contribution in [3.63, 3.8) is 0 Å². The molecule has 1 aromatic carbocycles. The lowest BCUT2D eigenvalue weighted by atomic mass is 9.98. The molecule has 0 fully saturated rings. The lowest BCUT2D eigenvalue weighted by Gasteiger charge is -2.38. The molecular weight excluding hydrogens is 469 g/mol. The number of carbonyl (C=O) groups excluding carboxylic acids is 1. The number of fused-ring (bicyclic) bond motifs is 1. The highest BCUT2D eigenvalue weighted by atomic mass is 19.4. The number of benzene rings is 1. The van der Waals surface area contributed by atoms with Crippen LogP contribution in [-0.4, -0.2) is 46.6 Å². The summed E-state index contributed by atoms with van der Waals surface area (Å²) in [7, 11) is 0. The summed E-state index contributed by atoms with van der Waals surface area (Å²) >= 11 is 0. The van der Waals surface area contributed by atoms with E-state index in [2.05, 4.69) is 26.9 Å². The molecule has 0 aliphatic carbocycles. The predicted octanol–water partition coefficient (Wildman–Crippen LogP) is 0.560. The summed E-state index contributed by atoms with van der Waals surface area (Å²) in [6, 6.07) is 4.08. The molecule has 3 aliphatic heterocycles. The molecule has 2 unspecified atom stereocenters. The number of hydrazine groups is 2. The number of aliphatic hydroxyl groups is 2. The summed E-state index contributed by atoms with van der Waals surface area (Å²) in [5, 5.41) is 26.0. The van der Waals surface area contributed by atoms with Gasteiger partial charge in [0.15, 0.2) is 6.17 Å². The minimum atomic E-state index is -4.61.